The highest BCUT2D eigenvalue weighted by Gasteiger charge is 2.03. The number of nitrogens with one attached hydrogen (secondary N) is 1. The Balaban J connectivity index is 1.74. The number of rotatable bonds is 3. The van der Waals surface area contributed by atoms with Crippen molar-refractivity contribution in [2.45, 2.75) is 13.5 Å². The van der Waals surface area contributed by atoms with Crippen LogP contribution in [0.4, 0.5) is 5.69 Å². The van der Waals surface area contributed by atoms with E-state index in [0.717, 1.165) is 27.6 Å². The first-order chi connectivity index (χ1) is 8.81. The molecule has 0 bridgehead atoms. The molecular formula is C14H13N3S. The molecule has 0 unspecified atom stereocenters. The van der Waals surface area contributed by atoms with Crippen molar-refractivity contribution in [3.8, 4) is 0 Å². The standard InChI is InChI=1S/C14H13N3S/c1-10-4-6-11(7-5-10)16-9-13-17-12-3-2-8-15-14(12)18-13/h2-8,16H,9H2,1H3. The molecule has 0 saturated heterocycles. The normalized spacial score (nSPS) is 10.7. The van der Waals surface area contributed by atoms with Gasteiger partial charge in [0.25, 0.3) is 0 Å². The molecule has 0 aliphatic heterocycles. The van der Waals surface area contributed by atoms with E-state index in [0.29, 0.717) is 0 Å². The van der Waals surface area contributed by atoms with E-state index in [-0.39, 0.29) is 0 Å². The summed E-state index contributed by atoms with van der Waals surface area (Å²) < 4.78 is 0. The van der Waals surface area contributed by atoms with Crippen molar-refractivity contribution in [3.63, 3.8) is 0 Å². The van der Waals surface area contributed by atoms with Crippen molar-refractivity contribution in [1.29, 1.82) is 0 Å². The molecular weight excluding hydrogens is 242 g/mol. The minimum Gasteiger partial charge on any atom is -0.379 e. The Morgan fingerprint density at radius 1 is 1.17 bits per heavy atom. The van der Waals surface area contributed by atoms with E-state index in [1.165, 1.54) is 5.56 Å². The summed E-state index contributed by atoms with van der Waals surface area (Å²) in [7, 11) is 0. The second-order valence-corrected chi connectivity index (χ2v) is 5.22. The first-order valence-electron chi connectivity index (χ1n) is 5.82. The van der Waals surface area contributed by atoms with E-state index >= 15 is 0 Å². The fraction of sp³-hybridized carbons (Fsp3) is 0.143. The molecule has 1 N–H and O–H groups in total. The van der Waals surface area contributed by atoms with Gasteiger partial charge in [-0.25, -0.2) is 9.97 Å². The van der Waals surface area contributed by atoms with Gasteiger partial charge in [-0.1, -0.05) is 29.0 Å². The number of nitrogens with zero attached hydrogens (tertiary/aromatic N) is 2. The van der Waals surface area contributed by atoms with Crippen molar-refractivity contribution in [3.05, 3.63) is 53.2 Å². The fourth-order valence-electron chi connectivity index (χ4n) is 1.74. The van der Waals surface area contributed by atoms with Crippen LogP contribution >= 0.6 is 11.3 Å². The number of hydrogen-bond acceptors (Lipinski definition) is 4. The number of benzene rings is 1. The van der Waals surface area contributed by atoms with Gasteiger partial charge in [0.15, 0.2) is 0 Å². The van der Waals surface area contributed by atoms with Crippen LogP contribution in [0.3, 0.4) is 0 Å². The van der Waals surface area contributed by atoms with E-state index in [4.69, 9.17) is 0 Å². The number of aryl methyl sites for hydroxylation is 1. The van der Waals surface area contributed by atoms with Gasteiger partial charge in [0, 0.05) is 11.9 Å². The summed E-state index contributed by atoms with van der Waals surface area (Å²) in [6.45, 7) is 2.83. The average molecular weight is 255 g/mol. The van der Waals surface area contributed by atoms with Gasteiger partial charge in [-0.15, -0.1) is 0 Å². The van der Waals surface area contributed by atoms with Crippen LogP contribution in [0.5, 0.6) is 0 Å². The van der Waals surface area contributed by atoms with Crippen LogP contribution in [-0.4, -0.2) is 9.97 Å². The maximum absolute atomic E-state index is 4.54. The zero-order valence-electron chi connectivity index (χ0n) is 10.1. The van der Waals surface area contributed by atoms with Gasteiger partial charge in [0.2, 0.25) is 0 Å². The number of anilines is 1. The van der Waals surface area contributed by atoms with Crippen molar-refractivity contribution in [2.24, 2.45) is 0 Å². The maximum atomic E-state index is 4.54. The molecule has 0 amide bonds. The first-order valence-corrected chi connectivity index (χ1v) is 6.64. The smallest absolute Gasteiger partial charge is 0.143 e. The average Bonchev–Trinajstić information content (AvgIpc) is 2.81. The third-order valence-corrected chi connectivity index (χ3v) is 3.69. The minimum atomic E-state index is 0.740. The predicted octanol–water partition coefficient (Wildman–Crippen LogP) is 3.61. The molecule has 90 valence electrons. The van der Waals surface area contributed by atoms with Crippen LogP contribution in [0.15, 0.2) is 42.6 Å². The third kappa shape index (κ3) is 2.33. The van der Waals surface area contributed by atoms with Crippen LogP contribution in [-0.2, 0) is 6.54 Å². The van der Waals surface area contributed by atoms with E-state index in [9.17, 15) is 0 Å². The Morgan fingerprint density at radius 3 is 2.78 bits per heavy atom. The summed E-state index contributed by atoms with van der Waals surface area (Å²) in [4.78, 5) is 9.83. The Labute approximate surface area is 110 Å². The van der Waals surface area contributed by atoms with Crippen molar-refractivity contribution >= 4 is 27.4 Å². The molecule has 2 aromatic heterocycles. The van der Waals surface area contributed by atoms with Crippen molar-refractivity contribution < 1.29 is 0 Å². The summed E-state index contributed by atoms with van der Waals surface area (Å²) in [5.41, 5.74) is 3.36. The highest BCUT2D eigenvalue weighted by atomic mass is 32.1. The number of thiazole rings is 1. The van der Waals surface area contributed by atoms with Gasteiger partial charge >= 0.3 is 0 Å². The lowest BCUT2D eigenvalue weighted by Crippen LogP contribution is -1.98. The molecule has 0 spiro atoms. The quantitative estimate of drug-likeness (QED) is 0.777. The van der Waals surface area contributed by atoms with E-state index in [1.807, 2.05) is 12.1 Å². The van der Waals surface area contributed by atoms with Gasteiger partial charge in [-0.05, 0) is 31.2 Å². The number of fused-ring (bicyclic) bond motifs is 1. The summed E-state index contributed by atoms with van der Waals surface area (Å²) >= 11 is 1.63. The molecule has 3 rings (SSSR count). The minimum absolute atomic E-state index is 0.740. The first kappa shape index (κ1) is 11.2. The topological polar surface area (TPSA) is 37.8 Å². The molecule has 2 heterocycles. The summed E-state index contributed by atoms with van der Waals surface area (Å²) in [6.07, 6.45) is 1.80. The van der Waals surface area contributed by atoms with Crippen molar-refractivity contribution in [2.75, 3.05) is 5.32 Å². The van der Waals surface area contributed by atoms with Crippen LogP contribution in [0.25, 0.3) is 10.3 Å². The van der Waals surface area contributed by atoms with Crippen LogP contribution < -0.4 is 5.32 Å². The Morgan fingerprint density at radius 2 is 2.00 bits per heavy atom. The van der Waals surface area contributed by atoms with Crippen LogP contribution in [0.2, 0.25) is 0 Å². The largest absolute Gasteiger partial charge is 0.379 e. The van der Waals surface area contributed by atoms with Crippen LogP contribution in [0.1, 0.15) is 10.6 Å². The highest BCUT2D eigenvalue weighted by Crippen LogP contribution is 2.20. The number of pyridine rings is 1. The molecule has 18 heavy (non-hydrogen) atoms. The maximum Gasteiger partial charge on any atom is 0.143 e. The molecule has 0 radical (unpaired) electrons. The summed E-state index contributed by atoms with van der Waals surface area (Å²) in [5, 5.41) is 4.43. The van der Waals surface area contributed by atoms with E-state index in [1.54, 1.807) is 17.5 Å². The van der Waals surface area contributed by atoms with Gasteiger partial charge in [-0.3, -0.25) is 0 Å². The molecule has 0 saturated carbocycles. The lowest BCUT2D eigenvalue weighted by atomic mass is 10.2. The molecule has 0 atom stereocenters. The van der Waals surface area contributed by atoms with Gasteiger partial charge in [0.05, 0.1) is 6.54 Å². The van der Waals surface area contributed by atoms with E-state index < -0.39 is 0 Å². The van der Waals surface area contributed by atoms with Crippen molar-refractivity contribution in [1.82, 2.24) is 9.97 Å². The summed E-state index contributed by atoms with van der Waals surface area (Å²) in [6, 6.07) is 12.3. The Bertz CT molecular complexity index is 625. The predicted molar refractivity (Wildman–Crippen MR) is 75.9 cm³/mol. The second kappa shape index (κ2) is 4.74. The second-order valence-electron chi connectivity index (χ2n) is 4.15. The summed E-state index contributed by atoms with van der Waals surface area (Å²) in [5.74, 6) is 0. The Hall–Kier alpha value is -1.94. The lowest BCUT2D eigenvalue weighted by Gasteiger charge is -2.03. The number of aromatic nitrogens is 2. The molecule has 1 aromatic carbocycles. The highest BCUT2D eigenvalue weighted by molar-refractivity contribution is 7.18. The van der Waals surface area contributed by atoms with Crippen LogP contribution in [0, 0.1) is 6.92 Å². The third-order valence-electron chi connectivity index (χ3n) is 2.71. The SMILES string of the molecule is Cc1ccc(NCc2nc3cccnc3s2)cc1. The van der Waals surface area contributed by atoms with Gasteiger partial charge in [0.1, 0.15) is 15.4 Å². The molecule has 3 nitrogen and oxygen atoms in total. The van der Waals surface area contributed by atoms with Gasteiger partial charge < -0.3 is 5.32 Å². The zero-order valence-corrected chi connectivity index (χ0v) is 10.9. The molecule has 0 aliphatic rings. The van der Waals surface area contributed by atoms with Gasteiger partial charge in [-0.2, -0.15) is 0 Å². The van der Waals surface area contributed by atoms with E-state index in [2.05, 4.69) is 46.5 Å². The number of hydrogen-bond donors (Lipinski definition) is 1. The zero-order chi connectivity index (χ0) is 12.4. The molecule has 3 aromatic rings. The monoisotopic (exact) mass is 255 g/mol. The Kier molecular flexibility index (Phi) is 2.94. The molecule has 0 aliphatic carbocycles. The fourth-order valence-corrected chi connectivity index (χ4v) is 2.58. The lowest BCUT2D eigenvalue weighted by molar-refractivity contribution is 1.12. The molecule has 4 heteroatoms. The molecule has 0 fully saturated rings.